The quantitative estimate of drug-likeness (QED) is 0.837. The van der Waals surface area contributed by atoms with Gasteiger partial charge in [0.05, 0.1) is 25.4 Å². The molecule has 2 fully saturated rings. The molecule has 0 N–H and O–H groups in total. The molecule has 2 aliphatic rings. The largest absolute Gasteiger partial charge is 0.497 e. The molecule has 2 saturated heterocycles. The average molecular weight is 305 g/mol. The summed E-state index contributed by atoms with van der Waals surface area (Å²) in [6.45, 7) is 6.69. The molecule has 2 atom stereocenters. The molecule has 4 heteroatoms. The third kappa shape index (κ3) is 3.62. The number of hydrogen-bond donors (Lipinski definition) is 0. The summed E-state index contributed by atoms with van der Waals surface area (Å²) < 4.78 is 17.2. The van der Waals surface area contributed by atoms with Gasteiger partial charge in [0.1, 0.15) is 5.75 Å². The molecule has 0 aromatic heterocycles. The third-order valence-electron chi connectivity index (χ3n) is 4.74. The molecule has 0 unspecified atom stereocenters. The van der Waals surface area contributed by atoms with E-state index in [1.54, 1.807) is 7.11 Å². The highest BCUT2D eigenvalue weighted by Gasteiger charge is 2.43. The van der Waals surface area contributed by atoms with Crippen molar-refractivity contribution in [3.63, 3.8) is 0 Å². The molecule has 122 valence electrons. The first-order chi connectivity index (χ1) is 10.7. The number of ether oxygens (including phenoxy) is 3. The van der Waals surface area contributed by atoms with Crippen molar-refractivity contribution in [3.05, 3.63) is 29.8 Å². The fraction of sp³-hybridized carbons (Fsp3) is 0.667. The van der Waals surface area contributed by atoms with Crippen LogP contribution in [0.15, 0.2) is 24.3 Å². The Morgan fingerprint density at radius 1 is 1.41 bits per heavy atom. The third-order valence-corrected chi connectivity index (χ3v) is 4.74. The SMILES string of the molecule is CCO[C@H]1CO[C@@]2(CCCN(Cc3cccc(OC)c3)C2)C1. The van der Waals surface area contributed by atoms with Gasteiger partial charge in [-0.1, -0.05) is 12.1 Å². The fourth-order valence-electron chi connectivity index (χ4n) is 3.78. The average Bonchev–Trinajstić information content (AvgIpc) is 2.90. The Morgan fingerprint density at radius 3 is 3.14 bits per heavy atom. The van der Waals surface area contributed by atoms with Crippen LogP contribution in [0, 0.1) is 0 Å². The van der Waals surface area contributed by atoms with E-state index < -0.39 is 0 Å². The summed E-state index contributed by atoms with van der Waals surface area (Å²) in [7, 11) is 1.72. The fourth-order valence-corrected chi connectivity index (χ4v) is 3.78. The highest BCUT2D eigenvalue weighted by Crippen LogP contribution is 2.36. The summed E-state index contributed by atoms with van der Waals surface area (Å²) in [6.07, 6.45) is 3.67. The second-order valence-electron chi connectivity index (χ2n) is 6.44. The minimum atomic E-state index is 0.0109. The Labute approximate surface area is 133 Å². The van der Waals surface area contributed by atoms with Gasteiger partial charge in [-0.15, -0.1) is 0 Å². The summed E-state index contributed by atoms with van der Waals surface area (Å²) in [5, 5.41) is 0. The van der Waals surface area contributed by atoms with Crippen molar-refractivity contribution in [1.29, 1.82) is 0 Å². The number of likely N-dealkylation sites (tertiary alicyclic amines) is 1. The van der Waals surface area contributed by atoms with Crippen LogP contribution in [0.3, 0.4) is 0 Å². The van der Waals surface area contributed by atoms with Crippen LogP contribution in [0.1, 0.15) is 31.7 Å². The van der Waals surface area contributed by atoms with Crippen LogP contribution >= 0.6 is 0 Å². The van der Waals surface area contributed by atoms with Gasteiger partial charge in [0.25, 0.3) is 0 Å². The lowest BCUT2D eigenvalue weighted by atomic mass is 9.89. The van der Waals surface area contributed by atoms with Crippen LogP contribution in [0.2, 0.25) is 0 Å². The first-order valence-electron chi connectivity index (χ1n) is 8.34. The molecule has 1 aromatic rings. The molecular weight excluding hydrogens is 278 g/mol. The second kappa shape index (κ2) is 6.99. The number of benzene rings is 1. The minimum Gasteiger partial charge on any atom is -0.497 e. The smallest absolute Gasteiger partial charge is 0.119 e. The Kier molecular flexibility index (Phi) is 5.01. The van der Waals surface area contributed by atoms with Gasteiger partial charge in [-0.3, -0.25) is 4.90 Å². The van der Waals surface area contributed by atoms with Gasteiger partial charge in [0, 0.05) is 26.1 Å². The zero-order chi connectivity index (χ0) is 15.4. The summed E-state index contributed by atoms with van der Waals surface area (Å²) in [5.41, 5.74) is 1.31. The van der Waals surface area contributed by atoms with E-state index in [0.717, 1.165) is 51.4 Å². The lowest BCUT2D eigenvalue weighted by Crippen LogP contribution is -2.47. The molecule has 4 nitrogen and oxygen atoms in total. The lowest BCUT2D eigenvalue weighted by Gasteiger charge is -2.39. The van der Waals surface area contributed by atoms with Crippen LogP contribution < -0.4 is 4.74 Å². The van der Waals surface area contributed by atoms with Crippen LogP contribution in [0.4, 0.5) is 0 Å². The maximum Gasteiger partial charge on any atom is 0.119 e. The topological polar surface area (TPSA) is 30.9 Å². The van der Waals surface area contributed by atoms with Crippen molar-refractivity contribution in [2.45, 2.75) is 44.4 Å². The van der Waals surface area contributed by atoms with E-state index >= 15 is 0 Å². The van der Waals surface area contributed by atoms with Gasteiger partial charge in [-0.2, -0.15) is 0 Å². The molecule has 1 aromatic carbocycles. The number of piperidine rings is 1. The summed E-state index contributed by atoms with van der Waals surface area (Å²) in [6, 6.07) is 8.35. The van der Waals surface area contributed by atoms with Gasteiger partial charge < -0.3 is 14.2 Å². The molecule has 0 amide bonds. The van der Waals surface area contributed by atoms with Crippen molar-refractivity contribution >= 4 is 0 Å². The van der Waals surface area contributed by atoms with Gasteiger partial charge in [0.2, 0.25) is 0 Å². The zero-order valence-corrected chi connectivity index (χ0v) is 13.7. The van der Waals surface area contributed by atoms with E-state index in [1.807, 2.05) is 6.07 Å². The number of rotatable bonds is 5. The molecule has 0 radical (unpaired) electrons. The summed E-state index contributed by atoms with van der Waals surface area (Å²) >= 11 is 0. The van der Waals surface area contributed by atoms with Crippen molar-refractivity contribution in [2.24, 2.45) is 0 Å². The van der Waals surface area contributed by atoms with E-state index in [9.17, 15) is 0 Å². The minimum absolute atomic E-state index is 0.0109. The van der Waals surface area contributed by atoms with Crippen molar-refractivity contribution in [3.8, 4) is 5.75 Å². The Bertz CT molecular complexity index is 493. The predicted octanol–water partition coefficient (Wildman–Crippen LogP) is 2.86. The number of hydrogen-bond acceptors (Lipinski definition) is 4. The second-order valence-corrected chi connectivity index (χ2v) is 6.44. The molecular formula is C18H27NO3. The van der Waals surface area contributed by atoms with Crippen molar-refractivity contribution in [1.82, 2.24) is 4.90 Å². The molecule has 0 aliphatic carbocycles. The van der Waals surface area contributed by atoms with Crippen molar-refractivity contribution < 1.29 is 14.2 Å². The molecule has 2 aliphatic heterocycles. The number of methoxy groups -OCH3 is 1. The molecule has 1 spiro atoms. The van der Waals surface area contributed by atoms with E-state index in [-0.39, 0.29) is 11.7 Å². The van der Waals surface area contributed by atoms with Crippen LogP contribution in [-0.4, -0.2) is 50.0 Å². The zero-order valence-electron chi connectivity index (χ0n) is 13.7. The first kappa shape index (κ1) is 15.8. The van der Waals surface area contributed by atoms with E-state index in [0.29, 0.717) is 0 Å². The monoisotopic (exact) mass is 305 g/mol. The lowest BCUT2D eigenvalue weighted by molar-refractivity contribution is -0.0545. The Hall–Kier alpha value is -1.10. The maximum atomic E-state index is 6.17. The first-order valence-corrected chi connectivity index (χ1v) is 8.34. The normalized spacial score (nSPS) is 29.1. The molecule has 0 saturated carbocycles. The van der Waals surface area contributed by atoms with Crippen LogP contribution in [-0.2, 0) is 16.0 Å². The van der Waals surface area contributed by atoms with Gasteiger partial charge >= 0.3 is 0 Å². The molecule has 2 heterocycles. The molecule has 3 rings (SSSR count). The highest BCUT2D eigenvalue weighted by molar-refractivity contribution is 5.28. The number of nitrogens with zero attached hydrogens (tertiary/aromatic N) is 1. The van der Waals surface area contributed by atoms with Crippen LogP contribution in [0.5, 0.6) is 5.75 Å². The van der Waals surface area contributed by atoms with E-state index in [1.165, 1.54) is 12.0 Å². The Morgan fingerprint density at radius 2 is 2.32 bits per heavy atom. The predicted molar refractivity (Wildman–Crippen MR) is 86.2 cm³/mol. The maximum absolute atomic E-state index is 6.17. The van der Waals surface area contributed by atoms with Crippen LogP contribution in [0.25, 0.3) is 0 Å². The summed E-state index contributed by atoms with van der Waals surface area (Å²) in [5.74, 6) is 0.928. The van der Waals surface area contributed by atoms with Gasteiger partial charge in [0.15, 0.2) is 0 Å². The standard InChI is InChI=1S/C18H27NO3/c1-3-21-17-11-18(22-13-17)8-5-9-19(14-18)12-15-6-4-7-16(10-15)20-2/h4,6-7,10,17H,3,5,8-9,11-14H2,1-2H3/t17-,18+/m1/s1. The Balaban J connectivity index is 1.61. The van der Waals surface area contributed by atoms with Gasteiger partial charge in [-0.05, 0) is 44.0 Å². The van der Waals surface area contributed by atoms with Crippen molar-refractivity contribution in [2.75, 3.05) is 33.4 Å². The van der Waals surface area contributed by atoms with Gasteiger partial charge in [-0.25, -0.2) is 0 Å². The molecule has 22 heavy (non-hydrogen) atoms. The van der Waals surface area contributed by atoms with E-state index in [2.05, 4.69) is 30.0 Å². The summed E-state index contributed by atoms with van der Waals surface area (Å²) in [4.78, 5) is 2.51. The molecule has 0 bridgehead atoms. The van der Waals surface area contributed by atoms with E-state index in [4.69, 9.17) is 14.2 Å². The highest BCUT2D eigenvalue weighted by atomic mass is 16.6.